The van der Waals surface area contributed by atoms with Crippen molar-refractivity contribution in [1.29, 1.82) is 5.26 Å². The Bertz CT molecular complexity index is 899. The largest absolute Gasteiger partial charge is 0.496 e. The molecular weight excluding hydrogens is 352 g/mol. The van der Waals surface area contributed by atoms with Gasteiger partial charge in [0.25, 0.3) is 0 Å². The number of likely N-dealkylation sites (tertiary alicyclic amines) is 1. The summed E-state index contributed by atoms with van der Waals surface area (Å²) in [7, 11) is 1.65. The van der Waals surface area contributed by atoms with Crippen molar-refractivity contribution in [2.45, 2.75) is 37.3 Å². The summed E-state index contributed by atoms with van der Waals surface area (Å²) in [5, 5.41) is 19.6. The summed E-state index contributed by atoms with van der Waals surface area (Å²) < 4.78 is 5.44. The lowest BCUT2D eigenvalue weighted by atomic mass is 9.73. The van der Waals surface area contributed by atoms with Crippen molar-refractivity contribution in [1.82, 2.24) is 4.90 Å². The SMILES string of the molecule is COc1ccccc1-c1ccc([C@H]2[C@H](C#N)N(C(=O)C3CCC3)[C@H]2CO)cc1. The van der Waals surface area contributed by atoms with Crippen LogP contribution in [0.15, 0.2) is 48.5 Å². The average Bonchev–Trinajstić information content (AvgIpc) is 2.67. The molecular formula is C23H24N2O3. The van der Waals surface area contributed by atoms with Gasteiger partial charge in [-0.1, -0.05) is 48.9 Å². The van der Waals surface area contributed by atoms with Crippen LogP contribution in [-0.2, 0) is 4.79 Å². The van der Waals surface area contributed by atoms with Crippen LogP contribution in [0.1, 0.15) is 30.7 Å². The summed E-state index contributed by atoms with van der Waals surface area (Å²) in [6.45, 7) is -0.129. The molecule has 2 aromatic rings. The van der Waals surface area contributed by atoms with Gasteiger partial charge in [-0.15, -0.1) is 0 Å². The molecule has 1 saturated heterocycles. The van der Waals surface area contributed by atoms with Crippen molar-refractivity contribution in [3.63, 3.8) is 0 Å². The van der Waals surface area contributed by atoms with Crippen LogP contribution in [0.3, 0.4) is 0 Å². The van der Waals surface area contributed by atoms with Crippen LogP contribution in [0.25, 0.3) is 11.1 Å². The lowest BCUT2D eigenvalue weighted by Crippen LogP contribution is -2.66. The van der Waals surface area contributed by atoms with Gasteiger partial charge in [-0.25, -0.2) is 0 Å². The van der Waals surface area contributed by atoms with E-state index in [9.17, 15) is 15.2 Å². The summed E-state index contributed by atoms with van der Waals surface area (Å²) in [5.74, 6) is 0.697. The van der Waals surface area contributed by atoms with E-state index in [0.29, 0.717) is 0 Å². The molecule has 0 spiro atoms. The monoisotopic (exact) mass is 376 g/mol. The predicted molar refractivity (Wildman–Crippen MR) is 106 cm³/mol. The number of aliphatic hydroxyl groups excluding tert-OH is 1. The van der Waals surface area contributed by atoms with Crippen molar-refractivity contribution < 1.29 is 14.6 Å². The predicted octanol–water partition coefficient (Wildman–Crippen LogP) is 3.34. The minimum Gasteiger partial charge on any atom is -0.496 e. The quantitative estimate of drug-likeness (QED) is 0.869. The van der Waals surface area contributed by atoms with Gasteiger partial charge in [0.15, 0.2) is 0 Å². The molecule has 0 aromatic heterocycles. The number of rotatable bonds is 5. The highest BCUT2D eigenvalue weighted by Gasteiger charge is 2.53. The van der Waals surface area contributed by atoms with Gasteiger partial charge in [0.2, 0.25) is 5.91 Å². The molecule has 2 fully saturated rings. The first kappa shape index (κ1) is 18.5. The number of hydrogen-bond acceptors (Lipinski definition) is 4. The van der Waals surface area contributed by atoms with Gasteiger partial charge in [0.1, 0.15) is 11.8 Å². The summed E-state index contributed by atoms with van der Waals surface area (Å²) in [6, 6.07) is 17.3. The zero-order valence-electron chi connectivity index (χ0n) is 15.9. The maximum absolute atomic E-state index is 12.7. The van der Waals surface area contributed by atoms with Crippen molar-refractivity contribution in [3.05, 3.63) is 54.1 Å². The zero-order valence-corrected chi connectivity index (χ0v) is 15.9. The van der Waals surface area contributed by atoms with Crippen LogP contribution in [0, 0.1) is 17.2 Å². The number of benzene rings is 2. The number of ether oxygens (including phenoxy) is 1. The molecule has 1 amide bonds. The lowest BCUT2D eigenvalue weighted by Gasteiger charge is -2.53. The van der Waals surface area contributed by atoms with Crippen molar-refractivity contribution >= 4 is 5.91 Å². The molecule has 4 rings (SSSR count). The minimum atomic E-state index is -0.512. The van der Waals surface area contributed by atoms with E-state index < -0.39 is 6.04 Å². The molecule has 1 aliphatic carbocycles. The highest BCUT2D eigenvalue weighted by molar-refractivity contribution is 5.82. The van der Waals surface area contributed by atoms with E-state index in [1.807, 2.05) is 48.5 Å². The second-order valence-electron chi connectivity index (χ2n) is 7.55. The number of aliphatic hydroxyl groups is 1. The van der Waals surface area contributed by atoms with E-state index in [-0.39, 0.29) is 30.4 Å². The first-order valence-corrected chi connectivity index (χ1v) is 9.75. The second kappa shape index (κ2) is 7.65. The summed E-state index contributed by atoms with van der Waals surface area (Å²) in [5.41, 5.74) is 3.00. The Balaban J connectivity index is 1.58. The standard InChI is InChI=1S/C23H24N2O3/c1-28-21-8-3-2-7-18(21)15-9-11-16(12-10-15)22-19(13-24)25(20(22)14-26)23(27)17-5-4-6-17/h2-3,7-12,17,19-20,22,26H,4-6,14H2,1H3/t19-,20-,22-/m0/s1. The normalized spacial score (nSPS) is 24.0. The molecule has 1 N–H and O–H groups in total. The third kappa shape index (κ3) is 2.94. The topological polar surface area (TPSA) is 73.6 Å². The molecule has 144 valence electrons. The zero-order chi connectivity index (χ0) is 19.7. The number of para-hydroxylation sites is 1. The van der Waals surface area contributed by atoms with Gasteiger partial charge < -0.3 is 14.7 Å². The number of carbonyl (C=O) groups excluding carboxylic acids is 1. The molecule has 1 aliphatic heterocycles. The highest BCUT2D eigenvalue weighted by Crippen LogP contribution is 2.44. The fourth-order valence-corrected chi connectivity index (χ4v) is 4.34. The van der Waals surface area contributed by atoms with E-state index in [1.54, 1.807) is 12.0 Å². The molecule has 28 heavy (non-hydrogen) atoms. The number of methoxy groups -OCH3 is 1. The second-order valence-corrected chi connectivity index (χ2v) is 7.55. The maximum Gasteiger partial charge on any atom is 0.227 e. The van der Waals surface area contributed by atoms with Crippen LogP contribution in [0.4, 0.5) is 0 Å². The first-order valence-electron chi connectivity index (χ1n) is 9.75. The fourth-order valence-electron chi connectivity index (χ4n) is 4.34. The molecule has 2 aliphatic rings. The van der Waals surface area contributed by atoms with Gasteiger partial charge in [0, 0.05) is 17.4 Å². The molecule has 1 heterocycles. The molecule has 0 bridgehead atoms. The van der Waals surface area contributed by atoms with Crippen molar-refractivity contribution in [3.8, 4) is 22.9 Å². The minimum absolute atomic E-state index is 0.0266. The van der Waals surface area contributed by atoms with E-state index in [2.05, 4.69) is 6.07 Å². The lowest BCUT2D eigenvalue weighted by molar-refractivity contribution is -0.154. The van der Waals surface area contributed by atoms with E-state index in [0.717, 1.165) is 41.7 Å². The summed E-state index contributed by atoms with van der Waals surface area (Å²) >= 11 is 0. The summed E-state index contributed by atoms with van der Waals surface area (Å²) in [4.78, 5) is 14.3. The number of amides is 1. The Morgan fingerprint density at radius 2 is 1.93 bits per heavy atom. The van der Waals surface area contributed by atoms with Crippen LogP contribution in [-0.4, -0.2) is 41.7 Å². The van der Waals surface area contributed by atoms with Crippen molar-refractivity contribution in [2.75, 3.05) is 13.7 Å². The third-order valence-electron chi connectivity index (χ3n) is 6.15. The van der Waals surface area contributed by atoms with Crippen LogP contribution < -0.4 is 4.74 Å². The van der Waals surface area contributed by atoms with E-state index in [1.165, 1.54) is 0 Å². The molecule has 1 saturated carbocycles. The Morgan fingerprint density at radius 1 is 1.21 bits per heavy atom. The molecule has 5 heteroatoms. The molecule has 0 unspecified atom stereocenters. The highest BCUT2D eigenvalue weighted by atomic mass is 16.5. The number of hydrogen-bond donors (Lipinski definition) is 1. The first-order chi connectivity index (χ1) is 13.7. The number of nitriles is 1. The van der Waals surface area contributed by atoms with Gasteiger partial charge in [0.05, 0.1) is 25.8 Å². The Hall–Kier alpha value is -2.84. The summed E-state index contributed by atoms with van der Waals surface area (Å²) in [6.07, 6.45) is 2.85. The van der Waals surface area contributed by atoms with E-state index >= 15 is 0 Å². The smallest absolute Gasteiger partial charge is 0.227 e. The third-order valence-corrected chi connectivity index (χ3v) is 6.15. The fraction of sp³-hybridized carbons (Fsp3) is 0.391. The Morgan fingerprint density at radius 3 is 2.50 bits per heavy atom. The van der Waals surface area contributed by atoms with Gasteiger partial charge in [-0.2, -0.15) is 5.26 Å². The van der Waals surface area contributed by atoms with Gasteiger partial charge in [-0.05, 0) is 30.0 Å². The number of nitrogens with zero attached hydrogens (tertiary/aromatic N) is 2. The van der Waals surface area contributed by atoms with Gasteiger partial charge >= 0.3 is 0 Å². The van der Waals surface area contributed by atoms with E-state index in [4.69, 9.17) is 4.74 Å². The average molecular weight is 376 g/mol. The van der Waals surface area contributed by atoms with Crippen LogP contribution in [0.5, 0.6) is 5.75 Å². The maximum atomic E-state index is 12.7. The molecule has 0 radical (unpaired) electrons. The molecule has 2 aromatic carbocycles. The van der Waals surface area contributed by atoms with Crippen LogP contribution in [0.2, 0.25) is 0 Å². The Labute approximate surface area is 165 Å². The molecule has 5 nitrogen and oxygen atoms in total. The molecule has 3 atom stereocenters. The van der Waals surface area contributed by atoms with Crippen molar-refractivity contribution in [2.24, 2.45) is 5.92 Å². The van der Waals surface area contributed by atoms with Gasteiger partial charge in [-0.3, -0.25) is 4.79 Å². The Kier molecular flexibility index (Phi) is 5.06. The number of carbonyl (C=O) groups is 1. The van der Waals surface area contributed by atoms with Crippen LogP contribution >= 0.6 is 0 Å².